The number of aromatic hydroxyl groups is 1. The second-order valence-corrected chi connectivity index (χ2v) is 7.43. The van der Waals surface area contributed by atoms with Crippen LogP contribution < -0.4 is 5.32 Å². The Morgan fingerprint density at radius 1 is 0.964 bits per heavy atom. The van der Waals surface area contributed by atoms with Gasteiger partial charge in [0.25, 0.3) is 5.91 Å². The lowest BCUT2D eigenvalue weighted by Gasteiger charge is -2.08. The normalized spacial score (nSPS) is 10.5. The van der Waals surface area contributed by atoms with Crippen molar-refractivity contribution in [3.8, 4) is 5.75 Å². The number of rotatable bonds is 5. The zero-order valence-corrected chi connectivity index (χ0v) is 16.1. The minimum absolute atomic E-state index is 0.136. The van der Waals surface area contributed by atoms with Crippen LogP contribution in [0, 0.1) is 24.0 Å². The van der Waals surface area contributed by atoms with E-state index in [9.17, 15) is 20.0 Å². The standard InChI is InChI=1S/C21H18N2O4S/c1-13-3-7-18(11-14(13)2)28-17-8-5-16(6-9-17)22-21(25)15-4-10-19(23(26)27)20(24)12-15/h3-12,24H,1-2H3,(H,22,25). The highest BCUT2D eigenvalue weighted by molar-refractivity contribution is 7.99. The predicted octanol–water partition coefficient (Wildman–Crippen LogP) is 5.32. The van der Waals surface area contributed by atoms with Crippen molar-refractivity contribution in [2.24, 2.45) is 0 Å². The predicted molar refractivity (Wildman–Crippen MR) is 109 cm³/mol. The number of phenolic OH excluding ortho intramolecular Hbond substituents is 1. The van der Waals surface area contributed by atoms with Crippen molar-refractivity contribution in [2.75, 3.05) is 5.32 Å². The molecule has 0 saturated heterocycles. The van der Waals surface area contributed by atoms with E-state index in [1.54, 1.807) is 23.9 Å². The molecule has 28 heavy (non-hydrogen) atoms. The number of nitrogens with zero attached hydrogens (tertiary/aromatic N) is 1. The molecule has 1 amide bonds. The Morgan fingerprint density at radius 2 is 1.64 bits per heavy atom. The molecule has 3 aromatic carbocycles. The van der Waals surface area contributed by atoms with Gasteiger partial charge in [-0.05, 0) is 73.5 Å². The number of aryl methyl sites for hydroxylation is 2. The maximum atomic E-state index is 12.3. The number of nitro groups is 1. The summed E-state index contributed by atoms with van der Waals surface area (Å²) < 4.78 is 0. The number of benzene rings is 3. The van der Waals surface area contributed by atoms with Crippen LogP contribution in [0.1, 0.15) is 21.5 Å². The number of carbonyl (C=O) groups excluding carboxylic acids is 1. The fourth-order valence-corrected chi connectivity index (χ4v) is 3.46. The summed E-state index contributed by atoms with van der Waals surface area (Å²) in [5.41, 5.74) is 2.77. The Morgan fingerprint density at radius 3 is 2.25 bits per heavy atom. The topological polar surface area (TPSA) is 92.5 Å². The maximum Gasteiger partial charge on any atom is 0.310 e. The fourth-order valence-electron chi connectivity index (χ4n) is 2.54. The molecule has 7 heteroatoms. The second kappa shape index (κ2) is 8.14. The van der Waals surface area contributed by atoms with E-state index < -0.39 is 22.3 Å². The van der Waals surface area contributed by atoms with Gasteiger partial charge in [0.05, 0.1) is 4.92 Å². The minimum atomic E-state index is -0.705. The van der Waals surface area contributed by atoms with Gasteiger partial charge in [-0.2, -0.15) is 0 Å². The number of nitrogens with one attached hydrogen (secondary N) is 1. The summed E-state index contributed by atoms with van der Waals surface area (Å²) >= 11 is 1.63. The second-order valence-electron chi connectivity index (χ2n) is 6.29. The van der Waals surface area contributed by atoms with Gasteiger partial charge in [-0.25, -0.2) is 0 Å². The van der Waals surface area contributed by atoms with Gasteiger partial charge in [-0.1, -0.05) is 17.8 Å². The van der Waals surface area contributed by atoms with Crippen molar-refractivity contribution < 1.29 is 14.8 Å². The lowest BCUT2D eigenvalue weighted by molar-refractivity contribution is -0.385. The summed E-state index contributed by atoms with van der Waals surface area (Å²) in [5.74, 6) is -1.00. The average molecular weight is 394 g/mol. The molecule has 0 heterocycles. The van der Waals surface area contributed by atoms with Crippen LogP contribution in [-0.4, -0.2) is 15.9 Å². The summed E-state index contributed by atoms with van der Waals surface area (Å²) in [5, 5.41) is 23.1. The molecule has 0 fully saturated rings. The third kappa shape index (κ3) is 4.50. The van der Waals surface area contributed by atoms with Crippen LogP contribution >= 0.6 is 11.8 Å². The van der Waals surface area contributed by atoms with E-state index >= 15 is 0 Å². The number of carbonyl (C=O) groups is 1. The van der Waals surface area contributed by atoms with Crippen molar-refractivity contribution in [2.45, 2.75) is 23.6 Å². The minimum Gasteiger partial charge on any atom is -0.502 e. The van der Waals surface area contributed by atoms with Crippen molar-refractivity contribution in [3.05, 3.63) is 87.5 Å². The van der Waals surface area contributed by atoms with Crippen LogP contribution in [0.15, 0.2) is 70.5 Å². The summed E-state index contributed by atoms with van der Waals surface area (Å²) in [7, 11) is 0. The quantitative estimate of drug-likeness (QED) is 0.451. The summed E-state index contributed by atoms with van der Waals surface area (Å²) in [6, 6.07) is 17.2. The summed E-state index contributed by atoms with van der Waals surface area (Å²) in [6.45, 7) is 4.15. The smallest absolute Gasteiger partial charge is 0.310 e. The highest BCUT2D eigenvalue weighted by Gasteiger charge is 2.16. The molecule has 0 atom stereocenters. The number of amides is 1. The third-order valence-corrected chi connectivity index (χ3v) is 5.26. The van der Waals surface area contributed by atoms with E-state index in [2.05, 4.69) is 37.4 Å². The Labute approximate surface area is 166 Å². The van der Waals surface area contributed by atoms with Crippen LogP contribution in [0.2, 0.25) is 0 Å². The Hall–Kier alpha value is -3.32. The molecular weight excluding hydrogens is 376 g/mol. The SMILES string of the molecule is Cc1ccc(Sc2ccc(NC(=O)c3ccc([N+](=O)[O-])c(O)c3)cc2)cc1C. The highest BCUT2D eigenvalue weighted by Crippen LogP contribution is 2.30. The molecule has 0 bridgehead atoms. The van der Waals surface area contributed by atoms with Gasteiger partial charge >= 0.3 is 5.69 Å². The molecular formula is C21H18N2O4S. The maximum absolute atomic E-state index is 12.3. The molecule has 3 aromatic rings. The van der Waals surface area contributed by atoms with Crippen LogP contribution in [0.3, 0.4) is 0 Å². The average Bonchev–Trinajstić information content (AvgIpc) is 2.66. The van der Waals surface area contributed by atoms with Crippen molar-refractivity contribution >= 4 is 29.0 Å². The molecule has 6 nitrogen and oxygen atoms in total. The first kappa shape index (κ1) is 19.4. The monoisotopic (exact) mass is 394 g/mol. The molecule has 2 N–H and O–H groups in total. The first-order valence-electron chi connectivity index (χ1n) is 8.47. The molecule has 0 aliphatic carbocycles. The van der Waals surface area contributed by atoms with Crippen LogP contribution in [0.5, 0.6) is 5.75 Å². The van der Waals surface area contributed by atoms with E-state index in [0.29, 0.717) is 5.69 Å². The van der Waals surface area contributed by atoms with Gasteiger partial charge < -0.3 is 10.4 Å². The third-order valence-electron chi connectivity index (χ3n) is 4.26. The Balaban J connectivity index is 1.68. The first-order valence-corrected chi connectivity index (χ1v) is 9.29. The zero-order valence-electron chi connectivity index (χ0n) is 15.3. The zero-order chi connectivity index (χ0) is 20.3. The van der Waals surface area contributed by atoms with Gasteiger partial charge in [-0.15, -0.1) is 0 Å². The lowest BCUT2D eigenvalue weighted by Crippen LogP contribution is -2.11. The van der Waals surface area contributed by atoms with E-state index in [-0.39, 0.29) is 5.56 Å². The van der Waals surface area contributed by atoms with E-state index in [4.69, 9.17) is 0 Å². The van der Waals surface area contributed by atoms with Gasteiger partial charge in [0.1, 0.15) is 0 Å². The lowest BCUT2D eigenvalue weighted by atomic mass is 10.1. The largest absolute Gasteiger partial charge is 0.502 e. The van der Waals surface area contributed by atoms with Gasteiger partial charge in [0.15, 0.2) is 5.75 Å². The number of hydrogen-bond donors (Lipinski definition) is 2. The molecule has 0 aromatic heterocycles. The number of phenols is 1. The van der Waals surface area contributed by atoms with Gasteiger partial charge in [0.2, 0.25) is 0 Å². The first-order chi connectivity index (χ1) is 13.3. The molecule has 142 valence electrons. The van der Waals surface area contributed by atoms with Crippen LogP contribution in [0.25, 0.3) is 0 Å². The van der Waals surface area contributed by atoms with Crippen LogP contribution in [0.4, 0.5) is 11.4 Å². The van der Waals surface area contributed by atoms with Crippen LogP contribution in [-0.2, 0) is 0 Å². The number of hydrogen-bond acceptors (Lipinski definition) is 5. The molecule has 0 aliphatic heterocycles. The Kier molecular flexibility index (Phi) is 5.65. The summed E-state index contributed by atoms with van der Waals surface area (Å²) in [4.78, 5) is 24.5. The molecule has 0 radical (unpaired) electrons. The van der Waals surface area contributed by atoms with Gasteiger partial charge in [-0.3, -0.25) is 14.9 Å². The van der Waals surface area contributed by atoms with Crippen molar-refractivity contribution in [3.63, 3.8) is 0 Å². The molecule has 0 aliphatic rings. The Bertz CT molecular complexity index is 1050. The number of anilines is 1. The molecule has 0 unspecified atom stereocenters. The molecule has 0 saturated carbocycles. The van der Waals surface area contributed by atoms with Crippen molar-refractivity contribution in [1.82, 2.24) is 0 Å². The van der Waals surface area contributed by atoms with Gasteiger partial charge in [0, 0.05) is 27.1 Å². The van der Waals surface area contributed by atoms with E-state index in [0.717, 1.165) is 21.9 Å². The van der Waals surface area contributed by atoms with E-state index in [1.165, 1.54) is 17.2 Å². The fraction of sp³-hybridized carbons (Fsp3) is 0.0952. The summed E-state index contributed by atoms with van der Waals surface area (Å²) in [6.07, 6.45) is 0. The molecule has 3 rings (SSSR count). The van der Waals surface area contributed by atoms with E-state index in [1.807, 2.05) is 12.1 Å². The number of nitro benzene ring substituents is 1. The highest BCUT2D eigenvalue weighted by atomic mass is 32.2. The molecule has 0 spiro atoms. The van der Waals surface area contributed by atoms with Crippen molar-refractivity contribution in [1.29, 1.82) is 0 Å².